The molecule has 1 aliphatic heterocycles. The van der Waals surface area contributed by atoms with Crippen LogP contribution in [0.15, 0.2) is 30.5 Å². The SMILES string of the molecule is O=C(O)c1cccc2ccn(C3CCOC4(CCC4)C3)c12. The van der Waals surface area contributed by atoms with E-state index in [-0.39, 0.29) is 5.60 Å². The molecule has 110 valence electrons. The smallest absolute Gasteiger partial charge is 0.337 e. The van der Waals surface area contributed by atoms with Gasteiger partial charge in [0.2, 0.25) is 0 Å². The molecule has 2 fully saturated rings. The molecule has 1 saturated carbocycles. The predicted octanol–water partition coefficient (Wildman–Crippen LogP) is 3.61. The fourth-order valence-corrected chi connectivity index (χ4v) is 3.85. The van der Waals surface area contributed by atoms with Gasteiger partial charge < -0.3 is 14.4 Å². The van der Waals surface area contributed by atoms with Crippen molar-refractivity contribution < 1.29 is 14.6 Å². The molecule has 4 nitrogen and oxygen atoms in total. The molecule has 0 radical (unpaired) electrons. The van der Waals surface area contributed by atoms with Gasteiger partial charge in [0.05, 0.1) is 16.7 Å². The summed E-state index contributed by atoms with van der Waals surface area (Å²) < 4.78 is 8.16. The minimum Gasteiger partial charge on any atom is -0.478 e. The van der Waals surface area contributed by atoms with E-state index >= 15 is 0 Å². The number of benzene rings is 1. The van der Waals surface area contributed by atoms with E-state index in [2.05, 4.69) is 4.57 Å². The molecule has 0 bridgehead atoms. The number of aromatic carboxylic acids is 1. The van der Waals surface area contributed by atoms with Crippen molar-refractivity contribution >= 4 is 16.9 Å². The van der Waals surface area contributed by atoms with E-state index in [0.717, 1.165) is 43.2 Å². The lowest BCUT2D eigenvalue weighted by atomic mass is 9.74. The van der Waals surface area contributed by atoms with Crippen molar-refractivity contribution in [2.45, 2.75) is 43.7 Å². The van der Waals surface area contributed by atoms with Gasteiger partial charge in [-0.3, -0.25) is 0 Å². The van der Waals surface area contributed by atoms with E-state index < -0.39 is 5.97 Å². The minimum atomic E-state index is -0.856. The maximum absolute atomic E-state index is 11.5. The molecule has 1 N–H and O–H groups in total. The van der Waals surface area contributed by atoms with E-state index in [4.69, 9.17) is 4.74 Å². The third-order valence-corrected chi connectivity index (χ3v) is 5.10. The summed E-state index contributed by atoms with van der Waals surface area (Å²) in [7, 11) is 0. The van der Waals surface area contributed by atoms with Crippen LogP contribution in [0.1, 0.15) is 48.5 Å². The van der Waals surface area contributed by atoms with E-state index in [9.17, 15) is 9.90 Å². The van der Waals surface area contributed by atoms with E-state index in [1.54, 1.807) is 6.07 Å². The van der Waals surface area contributed by atoms with E-state index in [0.29, 0.717) is 11.6 Å². The van der Waals surface area contributed by atoms with E-state index in [1.807, 2.05) is 24.4 Å². The van der Waals surface area contributed by atoms with Crippen LogP contribution >= 0.6 is 0 Å². The van der Waals surface area contributed by atoms with Gasteiger partial charge in [0.1, 0.15) is 0 Å². The van der Waals surface area contributed by atoms with Gasteiger partial charge in [-0.2, -0.15) is 0 Å². The van der Waals surface area contributed by atoms with E-state index in [1.165, 1.54) is 6.42 Å². The van der Waals surface area contributed by atoms with Gasteiger partial charge in [-0.15, -0.1) is 0 Å². The molecule has 4 rings (SSSR count). The first kappa shape index (κ1) is 12.9. The molecule has 0 amide bonds. The second kappa shape index (κ2) is 4.60. The number of aromatic nitrogens is 1. The highest BCUT2D eigenvalue weighted by atomic mass is 16.5. The average Bonchev–Trinajstić information content (AvgIpc) is 2.89. The molecule has 1 spiro atoms. The monoisotopic (exact) mass is 285 g/mol. The summed E-state index contributed by atoms with van der Waals surface area (Å²) in [6.07, 6.45) is 7.55. The van der Waals surface area contributed by atoms with Crippen LogP contribution in [0, 0.1) is 0 Å². The number of hydrogen-bond acceptors (Lipinski definition) is 2. The van der Waals surface area contributed by atoms with Crippen LogP contribution in [0.5, 0.6) is 0 Å². The third kappa shape index (κ3) is 1.97. The number of carboxylic acid groups (broad SMARTS) is 1. The van der Waals surface area contributed by atoms with Gasteiger partial charge in [-0.05, 0) is 44.2 Å². The van der Waals surface area contributed by atoms with Crippen LogP contribution in [0.4, 0.5) is 0 Å². The van der Waals surface area contributed by atoms with Crippen molar-refractivity contribution in [1.29, 1.82) is 0 Å². The van der Waals surface area contributed by atoms with Gasteiger partial charge >= 0.3 is 5.97 Å². The number of para-hydroxylation sites is 1. The Kier molecular flexibility index (Phi) is 2.82. The standard InChI is InChI=1S/C17H19NO3/c19-16(20)14-4-1-3-12-5-9-18(15(12)14)13-6-10-21-17(11-13)7-2-8-17/h1,3-5,9,13H,2,6-8,10-11H2,(H,19,20). The third-order valence-electron chi connectivity index (χ3n) is 5.10. The lowest BCUT2D eigenvalue weighted by molar-refractivity contribution is -0.140. The van der Waals surface area contributed by atoms with Crippen molar-refractivity contribution in [2.75, 3.05) is 6.61 Å². The fourth-order valence-electron chi connectivity index (χ4n) is 3.85. The molecule has 4 heteroatoms. The number of rotatable bonds is 2. The topological polar surface area (TPSA) is 51.5 Å². The second-order valence-corrected chi connectivity index (χ2v) is 6.30. The molecule has 1 atom stereocenters. The summed E-state index contributed by atoms with van der Waals surface area (Å²) in [5.74, 6) is -0.856. The summed E-state index contributed by atoms with van der Waals surface area (Å²) in [5.41, 5.74) is 1.32. The number of hydrogen-bond donors (Lipinski definition) is 1. The Morgan fingerprint density at radius 1 is 1.33 bits per heavy atom. The van der Waals surface area contributed by atoms with Crippen molar-refractivity contribution in [3.8, 4) is 0 Å². The maximum atomic E-state index is 11.5. The zero-order valence-electron chi connectivity index (χ0n) is 11.9. The van der Waals surface area contributed by atoms with Crippen molar-refractivity contribution in [1.82, 2.24) is 4.57 Å². The highest BCUT2D eigenvalue weighted by Crippen LogP contribution is 2.46. The van der Waals surface area contributed by atoms with Crippen LogP contribution in [0.25, 0.3) is 10.9 Å². The lowest BCUT2D eigenvalue weighted by Crippen LogP contribution is -2.45. The van der Waals surface area contributed by atoms with Crippen LogP contribution in [-0.2, 0) is 4.74 Å². The summed E-state index contributed by atoms with van der Waals surface area (Å²) >= 11 is 0. The first-order valence-corrected chi connectivity index (χ1v) is 7.65. The Morgan fingerprint density at radius 3 is 2.90 bits per heavy atom. The number of fused-ring (bicyclic) bond motifs is 1. The lowest BCUT2D eigenvalue weighted by Gasteiger charge is -2.47. The zero-order chi connectivity index (χ0) is 14.4. The molecule has 1 aromatic heterocycles. The largest absolute Gasteiger partial charge is 0.478 e. The quantitative estimate of drug-likeness (QED) is 0.917. The van der Waals surface area contributed by atoms with Crippen molar-refractivity contribution in [3.05, 3.63) is 36.0 Å². The Labute approximate surface area is 123 Å². The molecule has 2 aromatic rings. The summed E-state index contributed by atoms with van der Waals surface area (Å²) in [5, 5.41) is 10.4. The van der Waals surface area contributed by atoms with Gasteiger partial charge in [-0.25, -0.2) is 4.79 Å². The maximum Gasteiger partial charge on any atom is 0.337 e. The highest BCUT2D eigenvalue weighted by molar-refractivity contribution is 6.02. The molecule has 1 unspecified atom stereocenters. The molecule has 1 aliphatic carbocycles. The summed E-state index contributed by atoms with van der Waals surface area (Å²) in [4.78, 5) is 11.5. The van der Waals surface area contributed by atoms with Crippen LogP contribution in [-0.4, -0.2) is 27.9 Å². The fraction of sp³-hybridized carbons (Fsp3) is 0.471. The number of ether oxygens (including phenoxy) is 1. The Bertz CT molecular complexity index is 699. The molecule has 21 heavy (non-hydrogen) atoms. The van der Waals surface area contributed by atoms with Gasteiger partial charge in [-0.1, -0.05) is 12.1 Å². The molecule has 2 heterocycles. The second-order valence-electron chi connectivity index (χ2n) is 6.30. The average molecular weight is 285 g/mol. The Balaban J connectivity index is 1.77. The first-order valence-electron chi connectivity index (χ1n) is 7.65. The van der Waals surface area contributed by atoms with Gasteiger partial charge in [0.25, 0.3) is 0 Å². The highest BCUT2D eigenvalue weighted by Gasteiger charge is 2.43. The molecule has 1 aromatic carbocycles. The Morgan fingerprint density at radius 2 is 2.19 bits per heavy atom. The summed E-state index contributed by atoms with van der Waals surface area (Å²) in [6, 6.07) is 7.85. The van der Waals surface area contributed by atoms with Crippen molar-refractivity contribution in [2.24, 2.45) is 0 Å². The number of nitrogens with zero attached hydrogens (tertiary/aromatic N) is 1. The number of carboxylic acids is 1. The molecular formula is C17H19NO3. The number of carbonyl (C=O) groups is 1. The molecule has 1 saturated heterocycles. The van der Waals surface area contributed by atoms with Crippen LogP contribution in [0.3, 0.4) is 0 Å². The molecule has 2 aliphatic rings. The predicted molar refractivity (Wildman–Crippen MR) is 79.7 cm³/mol. The minimum absolute atomic E-state index is 0.0671. The molecular weight excluding hydrogens is 266 g/mol. The van der Waals surface area contributed by atoms with Gasteiger partial charge in [0.15, 0.2) is 0 Å². The van der Waals surface area contributed by atoms with Crippen LogP contribution < -0.4 is 0 Å². The zero-order valence-corrected chi connectivity index (χ0v) is 11.9. The van der Waals surface area contributed by atoms with Gasteiger partial charge in [0, 0.05) is 24.2 Å². The first-order chi connectivity index (χ1) is 10.2. The van der Waals surface area contributed by atoms with Crippen LogP contribution in [0.2, 0.25) is 0 Å². The van der Waals surface area contributed by atoms with Crippen molar-refractivity contribution in [3.63, 3.8) is 0 Å². The normalized spacial score (nSPS) is 24.1. The summed E-state index contributed by atoms with van der Waals surface area (Å²) in [6.45, 7) is 0.777. The Hall–Kier alpha value is -1.81.